The first-order chi connectivity index (χ1) is 14.7. The molecule has 0 bridgehead atoms. The van der Waals surface area contributed by atoms with E-state index in [1.54, 1.807) is 6.92 Å². The molecule has 0 radical (unpaired) electrons. The summed E-state index contributed by atoms with van der Waals surface area (Å²) in [5.74, 6) is -0.328. The molecule has 2 aliphatic rings. The third-order valence-corrected chi connectivity index (χ3v) is 5.72. The monoisotopic (exact) mass is 428 g/mol. The Morgan fingerprint density at radius 1 is 1.23 bits per heavy atom. The molecule has 168 valence electrons. The van der Waals surface area contributed by atoms with E-state index in [-0.39, 0.29) is 12.2 Å². The van der Waals surface area contributed by atoms with E-state index in [0.717, 1.165) is 23.2 Å². The maximum absolute atomic E-state index is 12.2. The van der Waals surface area contributed by atoms with Crippen LogP contribution in [0.1, 0.15) is 57.0 Å². The summed E-state index contributed by atoms with van der Waals surface area (Å²) >= 11 is 0. The average Bonchev–Trinajstić information content (AvgIpc) is 2.72. The van der Waals surface area contributed by atoms with Crippen LogP contribution >= 0.6 is 0 Å². The van der Waals surface area contributed by atoms with Crippen LogP contribution < -0.4 is 4.90 Å². The third kappa shape index (κ3) is 4.99. The van der Waals surface area contributed by atoms with E-state index in [1.165, 1.54) is 4.90 Å². The predicted octanol–water partition coefficient (Wildman–Crippen LogP) is 2.21. The van der Waals surface area contributed by atoms with Gasteiger partial charge in [-0.3, -0.25) is 4.79 Å². The zero-order chi connectivity index (χ0) is 22.8. The van der Waals surface area contributed by atoms with Crippen molar-refractivity contribution in [2.75, 3.05) is 37.7 Å². The molecule has 1 fully saturated rings. The molecule has 8 heteroatoms. The molecule has 31 heavy (non-hydrogen) atoms. The van der Waals surface area contributed by atoms with E-state index >= 15 is 0 Å². The van der Waals surface area contributed by atoms with Crippen molar-refractivity contribution in [3.63, 3.8) is 0 Å². The van der Waals surface area contributed by atoms with Crippen LogP contribution in [0, 0.1) is 17.2 Å². The number of esters is 1. The van der Waals surface area contributed by atoms with Gasteiger partial charge in [0.15, 0.2) is 0 Å². The zero-order valence-corrected chi connectivity index (χ0v) is 19.2. The van der Waals surface area contributed by atoms with Crippen molar-refractivity contribution in [3.05, 3.63) is 22.4 Å². The van der Waals surface area contributed by atoms with Crippen LogP contribution in [0.25, 0.3) is 0 Å². The van der Waals surface area contributed by atoms with Crippen LogP contribution in [0.3, 0.4) is 0 Å². The fourth-order valence-corrected chi connectivity index (χ4v) is 4.17. The Morgan fingerprint density at radius 2 is 1.90 bits per heavy atom. The number of ether oxygens (including phenoxy) is 2. The van der Waals surface area contributed by atoms with E-state index in [9.17, 15) is 14.9 Å². The Kier molecular flexibility index (Phi) is 6.85. The SMILES string of the molecule is CCOC(=O)C(=O)N1CCN(c2nc(CC(C)C)c3c(c2C#N)CC(C)(C)OC3)CC1. The topological polar surface area (TPSA) is 95.8 Å². The summed E-state index contributed by atoms with van der Waals surface area (Å²) in [6.07, 6.45) is 1.47. The van der Waals surface area contributed by atoms with Gasteiger partial charge in [0.1, 0.15) is 11.9 Å². The van der Waals surface area contributed by atoms with E-state index in [0.29, 0.717) is 56.5 Å². The summed E-state index contributed by atoms with van der Waals surface area (Å²) in [5, 5.41) is 10.0. The van der Waals surface area contributed by atoms with Gasteiger partial charge in [0.2, 0.25) is 0 Å². The highest BCUT2D eigenvalue weighted by molar-refractivity contribution is 6.32. The Hall–Kier alpha value is -2.66. The van der Waals surface area contributed by atoms with Gasteiger partial charge in [0, 0.05) is 43.9 Å². The molecule has 1 saturated heterocycles. The van der Waals surface area contributed by atoms with Crippen molar-refractivity contribution in [2.24, 2.45) is 5.92 Å². The molecule has 3 rings (SSSR count). The Balaban J connectivity index is 1.90. The maximum Gasteiger partial charge on any atom is 0.397 e. The van der Waals surface area contributed by atoms with Crippen molar-refractivity contribution >= 4 is 17.7 Å². The van der Waals surface area contributed by atoms with Gasteiger partial charge in [-0.1, -0.05) is 13.8 Å². The van der Waals surface area contributed by atoms with Gasteiger partial charge >= 0.3 is 11.9 Å². The summed E-state index contributed by atoms with van der Waals surface area (Å²) in [5.41, 5.74) is 3.33. The quantitative estimate of drug-likeness (QED) is 0.536. The number of carbonyl (C=O) groups excluding carboxylic acids is 2. The number of amides is 1. The lowest BCUT2D eigenvalue weighted by Crippen LogP contribution is -2.51. The highest BCUT2D eigenvalue weighted by atomic mass is 16.5. The minimum absolute atomic E-state index is 0.174. The molecule has 8 nitrogen and oxygen atoms in total. The lowest BCUT2D eigenvalue weighted by molar-refractivity contribution is -0.160. The average molecular weight is 429 g/mol. The standard InChI is InChI=1S/C23H32N4O4/c1-6-30-22(29)21(28)27-9-7-26(8-10-27)20-17(13-24)16-12-23(4,5)31-14-18(16)19(25-20)11-15(2)3/h15H,6-12,14H2,1-5H3. The highest BCUT2D eigenvalue weighted by Crippen LogP contribution is 2.36. The molecule has 0 unspecified atom stereocenters. The van der Waals surface area contributed by atoms with Crippen molar-refractivity contribution in [3.8, 4) is 6.07 Å². The smallest absolute Gasteiger partial charge is 0.397 e. The minimum atomic E-state index is -0.818. The maximum atomic E-state index is 12.2. The number of nitriles is 1. The number of anilines is 1. The number of carbonyl (C=O) groups is 2. The van der Waals surface area contributed by atoms with Gasteiger partial charge < -0.3 is 19.3 Å². The van der Waals surface area contributed by atoms with Crippen molar-refractivity contribution in [2.45, 2.75) is 59.7 Å². The number of pyridine rings is 1. The first-order valence-corrected chi connectivity index (χ1v) is 11.0. The lowest BCUT2D eigenvalue weighted by atomic mass is 9.86. The molecule has 0 saturated carbocycles. The molecule has 0 spiro atoms. The summed E-state index contributed by atoms with van der Waals surface area (Å²) < 4.78 is 10.9. The Labute approximate surface area is 184 Å². The molecule has 3 heterocycles. The third-order valence-electron chi connectivity index (χ3n) is 5.72. The Morgan fingerprint density at radius 3 is 2.48 bits per heavy atom. The van der Waals surface area contributed by atoms with Crippen LogP contribution in [0.15, 0.2) is 0 Å². The predicted molar refractivity (Wildman–Crippen MR) is 115 cm³/mol. The molecule has 0 aromatic carbocycles. The first-order valence-electron chi connectivity index (χ1n) is 11.0. The molecule has 1 amide bonds. The van der Waals surface area contributed by atoms with Gasteiger partial charge in [-0.15, -0.1) is 0 Å². The Bertz CT molecular complexity index is 896. The molecule has 1 aromatic heterocycles. The lowest BCUT2D eigenvalue weighted by Gasteiger charge is -2.38. The number of piperazine rings is 1. The number of hydrogen-bond donors (Lipinski definition) is 0. The summed E-state index contributed by atoms with van der Waals surface area (Å²) in [6.45, 7) is 12.5. The minimum Gasteiger partial charge on any atom is -0.459 e. The van der Waals surface area contributed by atoms with E-state index < -0.39 is 11.9 Å². The molecule has 0 N–H and O–H groups in total. The number of fused-ring (bicyclic) bond motifs is 1. The first kappa shape index (κ1) is 23.0. The molecule has 0 atom stereocenters. The van der Waals surface area contributed by atoms with Crippen LogP contribution in [0.4, 0.5) is 5.82 Å². The molecule has 2 aliphatic heterocycles. The molecule has 0 aliphatic carbocycles. The fraction of sp³-hybridized carbons (Fsp3) is 0.652. The summed E-state index contributed by atoms with van der Waals surface area (Å²) in [4.78, 5) is 32.5. The van der Waals surface area contributed by atoms with Crippen LogP contribution in [0.2, 0.25) is 0 Å². The molecule has 1 aromatic rings. The second-order valence-electron chi connectivity index (χ2n) is 9.15. The largest absolute Gasteiger partial charge is 0.459 e. The van der Waals surface area contributed by atoms with Gasteiger partial charge in [-0.2, -0.15) is 5.26 Å². The van der Waals surface area contributed by atoms with Gasteiger partial charge in [-0.25, -0.2) is 9.78 Å². The highest BCUT2D eigenvalue weighted by Gasteiger charge is 2.34. The number of rotatable bonds is 4. The fourth-order valence-electron chi connectivity index (χ4n) is 4.17. The van der Waals surface area contributed by atoms with E-state index in [2.05, 4.69) is 24.8 Å². The summed E-state index contributed by atoms with van der Waals surface area (Å²) in [6, 6.07) is 2.39. The molecular weight excluding hydrogens is 396 g/mol. The zero-order valence-electron chi connectivity index (χ0n) is 19.2. The van der Waals surface area contributed by atoms with Gasteiger partial charge in [0.05, 0.1) is 24.4 Å². The summed E-state index contributed by atoms with van der Waals surface area (Å²) in [7, 11) is 0. The second-order valence-corrected chi connectivity index (χ2v) is 9.15. The van der Waals surface area contributed by atoms with Crippen LogP contribution in [0.5, 0.6) is 0 Å². The number of nitrogens with zero attached hydrogens (tertiary/aromatic N) is 4. The van der Waals surface area contributed by atoms with Gasteiger partial charge in [0.25, 0.3) is 0 Å². The van der Waals surface area contributed by atoms with E-state index in [4.69, 9.17) is 14.5 Å². The molecular formula is C23H32N4O4. The van der Waals surface area contributed by atoms with Gasteiger partial charge in [-0.05, 0) is 38.7 Å². The van der Waals surface area contributed by atoms with Crippen LogP contribution in [-0.2, 0) is 38.5 Å². The van der Waals surface area contributed by atoms with E-state index in [1.807, 2.05) is 13.8 Å². The normalized spacial score (nSPS) is 17.8. The van der Waals surface area contributed by atoms with Crippen molar-refractivity contribution in [1.82, 2.24) is 9.88 Å². The number of aromatic nitrogens is 1. The van der Waals surface area contributed by atoms with Crippen molar-refractivity contribution < 1.29 is 19.1 Å². The number of hydrogen-bond acceptors (Lipinski definition) is 7. The van der Waals surface area contributed by atoms with Crippen molar-refractivity contribution in [1.29, 1.82) is 5.26 Å². The van der Waals surface area contributed by atoms with Crippen LogP contribution in [-0.4, -0.2) is 60.1 Å². The second kappa shape index (κ2) is 9.23.